The van der Waals surface area contributed by atoms with Crippen LogP contribution in [-0.4, -0.2) is 33.9 Å². The monoisotopic (exact) mass is 351 g/mol. The predicted octanol–water partition coefficient (Wildman–Crippen LogP) is 2.20. The maximum absolute atomic E-state index is 12.6. The van der Waals surface area contributed by atoms with E-state index in [4.69, 9.17) is 4.98 Å². The van der Waals surface area contributed by atoms with E-state index in [9.17, 15) is 4.79 Å². The van der Waals surface area contributed by atoms with Crippen LogP contribution in [0, 0.1) is 20.8 Å². The van der Waals surface area contributed by atoms with E-state index >= 15 is 0 Å². The number of nitrogens with one attached hydrogen (secondary N) is 1. The minimum absolute atomic E-state index is 0.172. The number of H-pyrrole nitrogens is 1. The van der Waals surface area contributed by atoms with Gasteiger partial charge in [-0.1, -0.05) is 13.8 Å². The molecule has 4 aromatic rings. The molecule has 0 aromatic carbocycles. The molecule has 4 aromatic heterocycles. The number of aromatic nitrogens is 7. The number of aryl methyl sites for hydroxylation is 5. The Morgan fingerprint density at radius 1 is 0.962 bits per heavy atom. The van der Waals surface area contributed by atoms with Gasteiger partial charge in [-0.05, 0) is 20.8 Å². The van der Waals surface area contributed by atoms with Crippen LogP contribution in [0.2, 0.25) is 0 Å². The molecule has 0 aliphatic rings. The van der Waals surface area contributed by atoms with Gasteiger partial charge in [0.1, 0.15) is 22.7 Å². The molecule has 0 spiro atoms. The summed E-state index contributed by atoms with van der Waals surface area (Å²) in [5.41, 5.74) is 4.00. The molecule has 4 heterocycles. The third-order valence-corrected chi connectivity index (χ3v) is 4.59. The first kappa shape index (κ1) is 16.4. The van der Waals surface area contributed by atoms with Gasteiger partial charge in [0.25, 0.3) is 5.56 Å². The van der Waals surface area contributed by atoms with E-state index in [1.165, 1.54) is 0 Å². The molecule has 0 fully saturated rings. The quantitative estimate of drug-likeness (QED) is 0.611. The Kier molecular flexibility index (Phi) is 3.64. The van der Waals surface area contributed by atoms with Gasteiger partial charge >= 0.3 is 0 Å². The van der Waals surface area contributed by atoms with E-state index in [1.807, 2.05) is 42.9 Å². The van der Waals surface area contributed by atoms with E-state index in [-0.39, 0.29) is 5.56 Å². The normalized spacial score (nSPS) is 11.7. The van der Waals surface area contributed by atoms with Crippen molar-refractivity contribution >= 4 is 16.7 Å². The third-order valence-electron chi connectivity index (χ3n) is 4.59. The van der Waals surface area contributed by atoms with E-state index in [2.05, 4.69) is 26.9 Å². The Hall–Kier alpha value is -3.03. The molecular weight excluding hydrogens is 330 g/mol. The smallest absolute Gasteiger partial charge is 0.274 e. The molecule has 0 aliphatic carbocycles. The van der Waals surface area contributed by atoms with E-state index in [0.717, 1.165) is 23.8 Å². The molecule has 4 rings (SSSR count). The van der Waals surface area contributed by atoms with Gasteiger partial charge in [-0.3, -0.25) is 13.8 Å². The summed E-state index contributed by atoms with van der Waals surface area (Å²) in [6.07, 6.45) is 3.41. The van der Waals surface area contributed by atoms with Gasteiger partial charge in [0.15, 0.2) is 5.65 Å². The fraction of sp³-hybridized carbons (Fsp3) is 0.389. The van der Waals surface area contributed by atoms with Crippen LogP contribution in [0.5, 0.6) is 0 Å². The molecule has 1 N–H and O–H groups in total. The standard InChI is InChI=1S/C18H21N7O/c1-6-12-19-9(3)8-24(12)18-21-10(4)14-16(23-18)25-13(7-2)20-11(5)15(25)17(26)22-14/h8H,6-7H2,1-5H3,(H,22,26). The minimum Gasteiger partial charge on any atom is -0.316 e. The van der Waals surface area contributed by atoms with Crippen molar-refractivity contribution in [3.63, 3.8) is 0 Å². The van der Waals surface area contributed by atoms with Crippen LogP contribution in [-0.2, 0) is 12.8 Å². The number of imidazole rings is 2. The molecular formula is C18H21N7O. The zero-order valence-electron chi connectivity index (χ0n) is 15.6. The molecule has 0 radical (unpaired) electrons. The van der Waals surface area contributed by atoms with Crippen LogP contribution in [0.25, 0.3) is 22.6 Å². The highest BCUT2D eigenvalue weighted by molar-refractivity contribution is 5.77. The van der Waals surface area contributed by atoms with Crippen LogP contribution in [0.15, 0.2) is 11.0 Å². The second kappa shape index (κ2) is 5.76. The second-order valence-electron chi connectivity index (χ2n) is 6.43. The highest BCUT2D eigenvalue weighted by Gasteiger charge is 2.18. The number of hydrogen-bond donors (Lipinski definition) is 1. The molecule has 0 atom stereocenters. The average molecular weight is 351 g/mol. The van der Waals surface area contributed by atoms with Gasteiger partial charge < -0.3 is 4.98 Å². The highest BCUT2D eigenvalue weighted by atomic mass is 16.1. The number of rotatable bonds is 3. The zero-order chi connectivity index (χ0) is 18.6. The van der Waals surface area contributed by atoms with Crippen LogP contribution >= 0.6 is 0 Å². The Morgan fingerprint density at radius 3 is 2.38 bits per heavy atom. The molecule has 0 bridgehead atoms. The predicted molar refractivity (Wildman–Crippen MR) is 99.0 cm³/mol. The third kappa shape index (κ3) is 2.25. The van der Waals surface area contributed by atoms with Crippen molar-refractivity contribution in [2.24, 2.45) is 0 Å². The summed E-state index contributed by atoms with van der Waals surface area (Å²) in [5.74, 6) is 2.27. The Labute approximate surface area is 150 Å². The maximum atomic E-state index is 12.6. The molecule has 0 unspecified atom stereocenters. The molecule has 26 heavy (non-hydrogen) atoms. The second-order valence-corrected chi connectivity index (χ2v) is 6.43. The molecule has 8 heteroatoms. The summed E-state index contributed by atoms with van der Waals surface area (Å²) < 4.78 is 3.77. The van der Waals surface area contributed by atoms with Gasteiger partial charge in [-0.2, -0.15) is 4.98 Å². The van der Waals surface area contributed by atoms with Gasteiger partial charge in [0.2, 0.25) is 5.95 Å². The zero-order valence-corrected chi connectivity index (χ0v) is 15.6. The Bertz CT molecular complexity index is 1210. The molecule has 0 aliphatic heterocycles. The van der Waals surface area contributed by atoms with Crippen molar-refractivity contribution in [3.8, 4) is 5.95 Å². The SMILES string of the molecule is CCc1nc(C)cn1-c1nc(C)c2[nH]c(=O)c3c(C)nc(CC)n3c2n1. The lowest BCUT2D eigenvalue weighted by Crippen LogP contribution is -2.16. The van der Waals surface area contributed by atoms with Crippen LogP contribution in [0.1, 0.15) is 42.6 Å². The van der Waals surface area contributed by atoms with E-state index in [1.54, 1.807) is 0 Å². The lowest BCUT2D eigenvalue weighted by Gasteiger charge is -2.10. The fourth-order valence-electron chi connectivity index (χ4n) is 3.42. The molecule has 134 valence electrons. The topological polar surface area (TPSA) is 93.8 Å². The number of nitrogens with zero attached hydrogens (tertiary/aromatic N) is 6. The first-order valence-corrected chi connectivity index (χ1v) is 8.78. The van der Waals surface area contributed by atoms with Gasteiger partial charge in [0, 0.05) is 19.0 Å². The van der Waals surface area contributed by atoms with Crippen LogP contribution in [0.3, 0.4) is 0 Å². The summed E-state index contributed by atoms with van der Waals surface area (Å²) >= 11 is 0. The van der Waals surface area contributed by atoms with Crippen molar-refractivity contribution < 1.29 is 0 Å². The van der Waals surface area contributed by atoms with Crippen LogP contribution < -0.4 is 5.56 Å². The first-order chi connectivity index (χ1) is 12.4. The van der Waals surface area contributed by atoms with Crippen LogP contribution in [0.4, 0.5) is 0 Å². The van der Waals surface area contributed by atoms with E-state index in [0.29, 0.717) is 40.4 Å². The summed E-state index contributed by atoms with van der Waals surface area (Å²) in [7, 11) is 0. The minimum atomic E-state index is -0.172. The van der Waals surface area contributed by atoms with Crippen molar-refractivity contribution in [1.82, 2.24) is 33.9 Å². The molecule has 8 nitrogen and oxygen atoms in total. The number of fused-ring (bicyclic) bond motifs is 3. The number of hydrogen-bond acceptors (Lipinski definition) is 5. The Morgan fingerprint density at radius 2 is 1.69 bits per heavy atom. The van der Waals surface area contributed by atoms with Gasteiger partial charge in [0.05, 0.1) is 17.1 Å². The first-order valence-electron chi connectivity index (χ1n) is 8.78. The summed E-state index contributed by atoms with van der Waals surface area (Å²) in [4.78, 5) is 34.0. The lowest BCUT2D eigenvalue weighted by atomic mass is 10.3. The van der Waals surface area contributed by atoms with Crippen molar-refractivity contribution in [2.75, 3.05) is 0 Å². The number of aromatic amines is 1. The van der Waals surface area contributed by atoms with Crippen molar-refractivity contribution in [3.05, 3.63) is 45.3 Å². The lowest BCUT2D eigenvalue weighted by molar-refractivity contribution is 0.829. The summed E-state index contributed by atoms with van der Waals surface area (Å²) in [5, 5.41) is 0. The summed E-state index contributed by atoms with van der Waals surface area (Å²) in [6, 6.07) is 0. The average Bonchev–Trinajstić information content (AvgIpc) is 3.16. The molecule has 0 saturated heterocycles. The van der Waals surface area contributed by atoms with Gasteiger partial charge in [-0.15, -0.1) is 0 Å². The Balaban J connectivity index is 2.15. The molecule has 0 amide bonds. The maximum Gasteiger partial charge on any atom is 0.274 e. The van der Waals surface area contributed by atoms with Crippen molar-refractivity contribution in [1.29, 1.82) is 0 Å². The van der Waals surface area contributed by atoms with Crippen molar-refractivity contribution in [2.45, 2.75) is 47.5 Å². The van der Waals surface area contributed by atoms with E-state index < -0.39 is 0 Å². The molecule has 0 saturated carbocycles. The largest absolute Gasteiger partial charge is 0.316 e. The highest BCUT2D eigenvalue weighted by Crippen LogP contribution is 2.20. The fourth-order valence-corrected chi connectivity index (χ4v) is 3.42. The van der Waals surface area contributed by atoms with Gasteiger partial charge in [-0.25, -0.2) is 15.0 Å². The summed E-state index contributed by atoms with van der Waals surface area (Å²) in [6.45, 7) is 9.74.